The van der Waals surface area contributed by atoms with Crippen LogP contribution in [0.4, 0.5) is 0 Å². The van der Waals surface area contributed by atoms with Crippen LogP contribution in [0.3, 0.4) is 0 Å². The van der Waals surface area contributed by atoms with Crippen LogP contribution in [-0.4, -0.2) is 14.1 Å². The zero-order valence-corrected chi connectivity index (χ0v) is 20.6. The van der Waals surface area contributed by atoms with Crippen LogP contribution in [0.5, 0.6) is 0 Å². The van der Waals surface area contributed by atoms with Gasteiger partial charge in [-0.3, -0.25) is 4.98 Å². The van der Waals surface area contributed by atoms with E-state index < -0.39 is 0 Å². The van der Waals surface area contributed by atoms with Gasteiger partial charge in [-0.15, -0.1) is 0 Å². The normalized spacial score (nSPS) is 11.7. The first kappa shape index (κ1) is 21.0. The summed E-state index contributed by atoms with van der Waals surface area (Å²) in [6.07, 6.45) is 3.71. The third kappa shape index (κ3) is 2.99. The molecule has 8 rings (SSSR count). The molecule has 3 aromatic heterocycles. The van der Waals surface area contributed by atoms with Gasteiger partial charge in [-0.2, -0.15) is 0 Å². The molecule has 3 heteroatoms. The van der Waals surface area contributed by atoms with E-state index in [9.17, 15) is 0 Å². The van der Waals surface area contributed by atoms with E-state index in [4.69, 9.17) is 0 Å². The van der Waals surface area contributed by atoms with Gasteiger partial charge in [0.15, 0.2) is 0 Å². The minimum Gasteiger partial charge on any atom is -0.307 e. The Morgan fingerprint density at radius 2 is 0.947 bits per heavy atom. The molecule has 0 saturated carbocycles. The van der Waals surface area contributed by atoms with E-state index in [1.807, 2.05) is 12.4 Å². The second-order valence-corrected chi connectivity index (χ2v) is 9.68. The third-order valence-corrected chi connectivity index (χ3v) is 7.60. The van der Waals surface area contributed by atoms with E-state index in [0.717, 1.165) is 11.4 Å². The lowest BCUT2D eigenvalue weighted by Gasteiger charge is -2.12. The molecular weight excluding hydrogens is 462 g/mol. The number of hydrogen-bond acceptors (Lipinski definition) is 1. The highest BCUT2D eigenvalue weighted by Gasteiger charge is 2.21. The number of aromatic nitrogens is 3. The van der Waals surface area contributed by atoms with Gasteiger partial charge in [0.25, 0.3) is 0 Å². The maximum atomic E-state index is 4.21. The number of pyridine rings is 1. The summed E-state index contributed by atoms with van der Waals surface area (Å²) < 4.78 is 4.86. The molecule has 0 spiro atoms. The fraction of sp³-hybridized carbons (Fsp3) is 0. The number of rotatable bonds is 3. The lowest BCUT2D eigenvalue weighted by molar-refractivity contribution is 1.15. The fourth-order valence-corrected chi connectivity index (χ4v) is 5.97. The summed E-state index contributed by atoms with van der Waals surface area (Å²) in [5.74, 6) is 0. The van der Waals surface area contributed by atoms with E-state index >= 15 is 0 Å². The molecule has 0 aliphatic heterocycles. The lowest BCUT2D eigenvalue weighted by Crippen LogP contribution is -1.98. The van der Waals surface area contributed by atoms with Crippen molar-refractivity contribution in [2.75, 3.05) is 0 Å². The standard InChI is InChI=1S/C35H23N3/c1-3-9-26(10-4-1)37-32-14-8-7-13-28(32)29-16-17-30-31-23-25(24-19-21-36-22-20-24)15-18-33(31)38(35(30)34(29)37)27-11-5-2-6-12-27/h1-23H. The van der Waals surface area contributed by atoms with Crippen LogP contribution in [0, 0.1) is 0 Å². The SMILES string of the molecule is c1ccc(-n2c3ccccc3c3ccc4c5cc(-c6ccncc6)ccc5n(-c5ccccc5)c4c32)cc1. The van der Waals surface area contributed by atoms with Crippen molar-refractivity contribution in [3.63, 3.8) is 0 Å². The van der Waals surface area contributed by atoms with Gasteiger partial charge < -0.3 is 9.13 Å². The maximum Gasteiger partial charge on any atom is 0.0788 e. The van der Waals surface area contributed by atoms with Crippen molar-refractivity contribution < 1.29 is 0 Å². The number of benzene rings is 5. The van der Waals surface area contributed by atoms with E-state index in [0.29, 0.717) is 0 Å². The summed E-state index contributed by atoms with van der Waals surface area (Å²) in [6, 6.07) is 45.7. The summed E-state index contributed by atoms with van der Waals surface area (Å²) in [7, 11) is 0. The van der Waals surface area contributed by atoms with Crippen molar-refractivity contribution in [1.82, 2.24) is 14.1 Å². The Balaban J connectivity index is 1.60. The fourth-order valence-electron chi connectivity index (χ4n) is 5.97. The number of hydrogen-bond donors (Lipinski definition) is 0. The average molecular weight is 486 g/mol. The molecule has 0 bridgehead atoms. The minimum atomic E-state index is 1.15. The van der Waals surface area contributed by atoms with Crippen molar-refractivity contribution >= 4 is 43.6 Å². The van der Waals surface area contributed by atoms with Gasteiger partial charge in [-0.25, -0.2) is 0 Å². The van der Waals surface area contributed by atoms with Crippen LogP contribution >= 0.6 is 0 Å². The molecule has 0 N–H and O–H groups in total. The molecule has 3 heterocycles. The Morgan fingerprint density at radius 3 is 1.61 bits per heavy atom. The molecule has 38 heavy (non-hydrogen) atoms. The summed E-state index contributed by atoms with van der Waals surface area (Å²) in [5.41, 5.74) is 9.52. The molecule has 3 nitrogen and oxygen atoms in total. The third-order valence-electron chi connectivity index (χ3n) is 7.60. The highest BCUT2D eigenvalue weighted by molar-refractivity contribution is 6.24. The highest BCUT2D eigenvalue weighted by atomic mass is 15.0. The minimum absolute atomic E-state index is 1.15. The second kappa shape index (κ2) is 8.19. The Morgan fingerprint density at radius 1 is 0.395 bits per heavy atom. The van der Waals surface area contributed by atoms with E-state index in [1.54, 1.807) is 0 Å². The molecule has 0 aliphatic rings. The zero-order valence-electron chi connectivity index (χ0n) is 20.6. The first-order valence-electron chi connectivity index (χ1n) is 12.9. The van der Waals surface area contributed by atoms with Crippen LogP contribution in [0.25, 0.3) is 66.1 Å². The first-order valence-corrected chi connectivity index (χ1v) is 12.9. The van der Waals surface area contributed by atoms with Crippen LogP contribution in [0.1, 0.15) is 0 Å². The van der Waals surface area contributed by atoms with Crippen molar-refractivity contribution in [2.45, 2.75) is 0 Å². The number of nitrogens with zero attached hydrogens (tertiary/aromatic N) is 3. The van der Waals surface area contributed by atoms with Gasteiger partial charge in [-0.05, 0) is 65.7 Å². The van der Waals surface area contributed by atoms with Crippen LogP contribution in [-0.2, 0) is 0 Å². The van der Waals surface area contributed by atoms with Gasteiger partial charge in [-0.1, -0.05) is 72.8 Å². The molecule has 0 atom stereocenters. The molecule has 0 aliphatic carbocycles. The van der Waals surface area contributed by atoms with Crippen molar-refractivity contribution in [3.05, 3.63) is 140 Å². The van der Waals surface area contributed by atoms with E-state index in [1.165, 1.54) is 54.7 Å². The molecule has 0 radical (unpaired) electrons. The molecule has 178 valence electrons. The summed E-state index contributed by atoms with van der Waals surface area (Å²) in [4.78, 5) is 4.21. The summed E-state index contributed by atoms with van der Waals surface area (Å²) in [6.45, 7) is 0. The summed E-state index contributed by atoms with van der Waals surface area (Å²) >= 11 is 0. The highest BCUT2D eigenvalue weighted by Crippen LogP contribution is 2.42. The lowest BCUT2D eigenvalue weighted by atomic mass is 10.0. The van der Waals surface area contributed by atoms with Crippen LogP contribution in [0.15, 0.2) is 140 Å². The van der Waals surface area contributed by atoms with Crippen molar-refractivity contribution in [2.24, 2.45) is 0 Å². The molecule has 0 saturated heterocycles. The van der Waals surface area contributed by atoms with Crippen molar-refractivity contribution in [1.29, 1.82) is 0 Å². The van der Waals surface area contributed by atoms with Gasteiger partial charge in [0.1, 0.15) is 0 Å². The topological polar surface area (TPSA) is 22.8 Å². The molecule has 0 unspecified atom stereocenters. The molecule has 8 aromatic rings. The molecule has 0 fully saturated rings. The Kier molecular flexibility index (Phi) is 4.52. The van der Waals surface area contributed by atoms with E-state index in [-0.39, 0.29) is 0 Å². The first-order chi connectivity index (χ1) is 18.9. The number of para-hydroxylation sites is 3. The quantitative estimate of drug-likeness (QED) is 0.245. The van der Waals surface area contributed by atoms with Gasteiger partial charge >= 0.3 is 0 Å². The van der Waals surface area contributed by atoms with Crippen LogP contribution < -0.4 is 0 Å². The van der Waals surface area contributed by atoms with Gasteiger partial charge in [0, 0.05) is 45.3 Å². The zero-order chi connectivity index (χ0) is 25.1. The Bertz CT molecular complexity index is 2100. The van der Waals surface area contributed by atoms with Crippen molar-refractivity contribution in [3.8, 4) is 22.5 Å². The predicted molar refractivity (Wildman–Crippen MR) is 158 cm³/mol. The predicted octanol–water partition coefficient (Wildman–Crippen LogP) is 8.94. The van der Waals surface area contributed by atoms with Gasteiger partial charge in [0.05, 0.1) is 22.1 Å². The Hall–Kier alpha value is -5.15. The molecule has 5 aromatic carbocycles. The molecular formula is C35H23N3. The number of fused-ring (bicyclic) bond motifs is 7. The van der Waals surface area contributed by atoms with Gasteiger partial charge in [0.2, 0.25) is 0 Å². The largest absolute Gasteiger partial charge is 0.307 e. The van der Waals surface area contributed by atoms with E-state index in [2.05, 4.69) is 142 Å². The average Bonchev–Trinajstić information content (AvgIpc) is 3.51. The van der Waals surface area contributed by atoms with Crippen LogP contribution in [0.2, 0.25) is 0 Å². The summed E-state index contributed by atoms with van der Waals surface area (Å²) in [5, 5.41) is 5.00. The monoisotopic (exact) mass is 485 g/mol. The molecule has 0 amide bonds. The smallest absolute Gasteiger partial charge is 0.0788 e. The second-order valence-electron chi connectivity index (χ2n) is 9.68. The maximum absolute atomic E-state index is 4.21. The Labute approximate surface area is 219 Å².